The van der Waals surface area contributed by atoms with Crippen LogP contribution >= 0.6 is 0 Å². The van der Waals surface area contributed by atoms with E-state index in [9.17, 15) is 14.0 Å². The Balaban J connectivity index is 1.58. The van der Waals surface area contributed by atoms with Crippen LogP contribution in [0.15, 0.2) is 53.1 Å². The number of benzene rings is 2. The summed E-state index contributed by atoms with van der Waals surface area (Å²) >= 11 is 0. The number of carbonyl (C=O) groups excluding carboxylic acids is 2. The van der Waals surface area contributed by atoms with Crippen molar-refractivity contribution in [2.24, 2.45) is 0 Å². The molecular formula is C23H23FN2O4. The fourth-order valence-electron chi connectivity index (χ4n) is 3.08. The Bertz CT molecular complexity index is 1030. The van der Waals surface area contributed by atoms with Crippen molar-refractivity contribution in [1.29, 1.82) is 0 Å². The van der Waals surface area contributed by atoms with Crippen LogP contribution in [0.1, 0.15) is 40.7 Å². The molecule has 7 heteroatoms. The summed E-state index contributed by atoms with van der Waals surface area (Å²) in [5, 5.41) is 6.55. The number of hydrogen-bond acceptors (Lipinski definition) is 5. The average molecular weight is 410 g/mol. The first kappa shape index (κ1) is 21.2. The number of hydrogen-bond donors (Lipinski definition) is 1. The van der Waals surface area contributed by atoms with Gasteiger partial charge in [0.15, 0.2) is 0 Å². The van der Waals surface area contributed by atoms with Gasteiger partial charge in [0, 0.05) is 24.1 Å². The van der Waals surface area contributed by atoms with Crippen LogP contribution in [0, 0.1) is 12.7 Å². The summed E-state index contributed by atoms with van der Waals surface area (Å²) < 4.78 is 24.6. The molecule has 6 nitrogen and oxygen atoms in total. The van der Waals surface area contributed by atoms with Crippen molar-refractivity contribution in [3.8, 4) is 11.1 Å². The maximum atomic E-state index is 14.2. The van der Waals surface area contributed by atoms with Crippen molar-refractivity contribution >= 4 is 11.9 Å². The number of halogens is 1. The molecule has 2 aromatic carbocycles. The molecule has 0 saturated carbocycles. The highest BCUT2D eigenvalue weighted by molar-refractivity contribution is 5.95. The molecule has 0 radical (unpaired) electrons. The van der Waals surface area contributed by atoms with Crippen LogP contribution in [0.4, 0.5) is 4.39 Å². The average Bonchev–Trinajstić information content (AvgIpc) is 3.13. The molecule has 0 aliphatic heterocycles. The van der Waals surface area contributed by atoms with Crippen molar-refractivity contribution in [3.05, 3.63) is 76.9 Å². The molecule has 0 aliphatic carbocycles. The molecule has 1 aromatic heterocycles. The summed E-state index contributed by atoms with van der Waals surface area (Å²) in [6.07, 6.45) is 0.616. The molecule has 0 aliphatic rings. The van der Waals surface area contributed by atoms with E-state index >= 15 is 0 Å². The number of nitrogens with one attached hydrogen (secondary N) is 1. The number of nitrogens with zero attached hydrogens (tertiary/aromatic N) is 1. The molecular weight excluding hydrogens is 387 g/mol. The van der Waals surface area contributed by atoms with E-state index in [-0.39, 0.29) is 25.1 Å². The Morgan fingerprint density at radius 3 is 2.67 bits per heavy atom. The Labute approximate surface area is 174 Å². The highest BCUT2D eigenvalue weighted by Gasteiger charge is 2.17. The third kappa shape index (κ3) is 5.31. The van der Waals surface area contributed by atoms with E-state index < -0.39 is 17.7 Å². The van der Waals surface area contributed by atoms with Gasteiger partial charge in [0.05, 0.1) is 12.1 Å². The van der Waals surface area contributed by atoms with E-state index in [4.69, 9.17) is 9.26 Å². The second-order valence-corrected chi connectivity index (χ2v) is 6.80. The molecule has 1 heterocycles. The Morgan fingerprint density at radius 1 is 1.17 bits per heavy atom. The Kier molecular flexibility index (Phi) is 6.95. The minimum Gasteiger partial charge on any atom is -0.461 e. The molecule has 3 rings (SSSR count). The number of aryl methyl sites for hydroxylation is 2. The van der Waals surface area contributed by atoms with Gasteiger partial charge in [-0.1, -0.05) is 42.4 Å². The third-order valence-electron chi connectivity index (χ3n) is 4.56. The van der Waals surface area contributed by atoms with Crippen LogP contribution in [0.5, 0.6) is 0 Å². The molecule has 0 fully saturated rings. The number of carbonyl (C=O) groups is 2. The van der Waals surface area contributed by atoms with E-state index in [2.05, 4.69) is 10.5 Å². The van der Waals surface area contributed by atoms with Gasteiger partial charge < -0.3 is 14.6 Å². The van der Waals surface area contributed by atoms with Gasteiger partial charge in [-0.25, -0.2) is 4.39 Å². The van der Waals surface area contributed by atoms with Crippen LogP contribution in [0.25, 0.3) is 11.1 Å². The zero-order valence-corrected chi connectivity index (χ0v) is 16.9. The minimum absolute atomic E-state index is 0.0193. The largest absolute Gasteiger partial charge is 0.461 e. The first-order chi connectivity index (χ1) is 14.5. The molecule has 0 atom stereocenters. The molecule has 0 saturated heterocycles. The van der Waals surface area contributed by atoms with Crippen molar-refractivity contribution in [3.63, 3.8) is 0 Å². The zero-order chi connectivity index (χ0) is 21.5. The van der Waals surface area contributed by atoms with Gasteiger partial charge in [0.25, 0.3) is 5.91 Å². The Hall–Kier alpha value is -3.48. The molecule has 30 heavy (non-hydrogen) atoms. The summed E-state index contributed by atoms with van der Waals surface area (Å²) in [5.41, 5.74) is 2.89. The minimum atomic E-state index is -0.539. The van der Waals surface area contributed by atoms with Crippen molar-refractivity contribution < 1.29 is 23.2 Å². The smallest absolute Gasteiger partial charge is 0.307 e. The number of ether oxygens (including phenoxy) is 1. The van der Waals surface area contributed by atoms with Crippen LogP contribution < -0.4 is 5.32 Å². The standard InChI is InChI=1S/C23H23FN2O4/c1-3-20-22(15(2)26-30-20)17-11-18(13-19(24)12-17)23(28)25-10-9-21(27)29-14-16-7-5-4-6-8-16/h4-8,11-13H,3,9-10,14H2,1-2H3,(H,25,28). The lowest BCUT2D eigenvalue weighted by atomic mass is 10.00. The number of esters is 1. The second-order valence-electron chi connectivity index (χ2n) is 6.80. The van der Waals surface area contributed by atoms with Crippen molar-refractivity contribution in [2.45, 2.75) is 33.3 Å². The van der Waals surface area contributed by atoms with Crippen LogP contribution in [-0.2, 0) is 22.6 Å². The van der Waals surface area contributed by atoms with Gasteiger partial charge in [-0.3, -0.25) is 9.59 Å². The fraction of sp³-hybridized carbons (Fsp3) is 0.261. The molecule has 1 N–H and O–H groups in total. The zero-order valence-electron chi connectivity index (χ0n) is 16.9. The molecule has 0 bridgehead atoms. The first-order valence-corrected chi connectivity index (χ1v) is 9.71. The second kappa shape index (κ2) is 9.82. The van der Waals surface area contributed by atoms with Crippen LogP contribution in [-0.4, -0.2) is 23.6 Å². The van der Waals surface area contributed by atoms with Crippen LogP contribution in [0.2, 0.25) is 0 Å². The summed E-state index contributed by atoms with van der Waals surface area (Å²) in [4.78, 5) is 24.3. The quantitative estimate of drug-likeness (QED) is 0.563. The highest BCUT2D eigenvalue weighted by Crippen LogP contribution is 2.29. The topological polar surface area (TPSA) is 81.4 Å². The lowest BCUT2D eigenvalue weighted by Gasteiger charge is -2.09. The summed E-state index contributed by atoms with van der Waals surface area (Å²) in [7, 11) is 0. The van der Waals surface area contributed by atoms with Gasteiger partial charge in [-0.2, -0.15) is 0 Å². The van der Waals surface area contributed by atoms with Gasteiger partial charge in [0.1, 0.15) is 18.2 Å². The summed E-state index contributed by atoms with van der Waals surface area (Å²) in [6.45, 7) is 3.94. The number of amides is 1. The van der Waals surface area contributed by atoms with E-state index in [1.54, 1.807) is 13.0 Å². The molecule has 0 spiro atoms. The highest BCUT2D eigenvalue weighted by atomic mass is 19.1. The normalized spacial score (nSPS) is 10.6. The number of aromatic nitrogens is 1. The van der Waals surface area contributed by atoms with E-state index in [0.29, 0.717) is 29.0 Å². The molecule has 1 amide bonds. The molecule has 156 valence electrons. The lowest BCUT2D eigenvalue weighted by molar-refractivity contribution is -0.144. The van der Waals surface area contributed by atoms with Gasteiger partial charge >= 0.3 is 5.97 Å². The van der Waals surface area contributed by atoms with E-state index in [1.165, 1.54) is 6.07 Å². The van der Waals surface area contributed by atoms with E-state index in [1.807, 2.05) is 37.3 Å². The predicted octanol–water partition coefficient (Wildman–Crippen LogP) is 4.21. The first-order valence-electron chi connectivity index (χ1n) is 9.71. The SMILES string of the molecule is CCc1onc(C)c1-c1cc(F)cc(C(=O)NCCC(=O)OCc2ccccc2)c1. The van der Waals surface area contributed by atoms with Crippen molar-refractivity contribution in [1.82, 2.24) is 10.5 Å². The van der Waals surface area contributed by atoms with Crippen LogP contribution in [0.3, 0.4) is 0 Å². The third-order valence-corrected chi connectivity index (χ3v) is 4.56. The maximum absolute atomic E-state index is 14.2. The fourth-order valence-corrected chi connectivity index (χ4v) is 3.08. The van der Waals surface area contributed by atoms with Gasteiger partial charge in [-0.15, -0.1) is 0 Å². The molecule has 3 aromatic rings. The maximum Gasteiger partial charge on any atom is 0.307 e. The van der Waals surface area contributed by atoms with Crippen molar-refractivity contribution in [2.75, 3.05) is 6.54 Å². The summed E-state index contributed by atoms with van der Waals surface area (Å²) in [6, 6.07) is 13.4. The van der Waals surface area contributed by atoms with E-state index in [0.717, 1.165) is 11.6 Å². The number of rotatable bonds is 8. The molecule has 0 unspecified atom stereocenters. The van der Waals surface area contributed by atoms with Gasteiger partial charge in [-0.05, 0) is 36.2 Å². The van der Waals surface area contributed by atoms with Gasteiger partial charge in [0.2, 0.25) is 0 Å². The lowest BCUT2D eigenvalue weighted by Crippen LogP contribution is -2.26. The Morgan fingerprint density at radius 2 is 1.93 bits per heavy atom. The predicted molar refractivity (Wildman–Crippen MR) is 109 cm³/mol. The monoisotopic (exact) mass is 410 g/mol. The summed E-state index contributed by atoms with van der Waals surface area (Å²) in [5.74, 6) is -0.807.